The molecule has 0 bridgehead atoms. The van der Waals surface area contributed by atoms with E-state index in [2.05, 4.69) is 75.5 Å². The van der Waals surface area contributed by atoms with Crippen molar-refractivity contribution in [2.24, 2.45) is 0 Å². The van der Waals surface area contributed by atoms with Gasteiger partial charge in [-0.3, -0.25) is 0 Å². The highest BCUT2D eigenvalue weighted by molar-refractivity contribution is 5.78. The fraction of sp³-hybridized carbons (Fsp3) is 0.158. The van der Waals surface area contributed by atoms with Crippen molar-refractivity contribution in [3.63, 3.8) is 0 Å². The molecule has 0 fully saturated rings. The standard InChI is InChI=1S/C19H20/c1-14(2)13-17-7-11-19(12-8-17)16(4)18-9-5-15(3)6-10-18/h5-12H,1,4,13H2,2-3H3. The number of aryl methyl sites for hydroxylation is 1. The molecule has 0 heteroatoms. The molecule has 0 aliphatic carbocycles. The summed E-state index contributed by atoms with van der Waals surface area (Å²) in [4.78, 5) is 0. The van der Waals surface area contributed by atoms with Crippen LogP contribution in [-0.2, 0) is 6.42 Å². The van der Waals surface area contributed by atoms with Crippen LogP contribution in [0.15, 0.2) is 67.3 Å². The van der Waals surface area contributed by atoms with Gasteiger partial charge in [-0.15, -0.1) is 0 Å². The topological polar surface area (TPSA) is 0 Å². The van der Waals surface area contributed by atoms with Crippen LogP contribution in [0.1, 0.15) is 29.2 Å². The highest BCUT2D eigenvalue weighted by Crippen LogP contribution is 2.22. The molecular formula is C19H20. The van der Waals surface area contributed by atoms with Crippen LogP contribution in [0.25, 0.3) is 5.57 Å². The number of hydrogen-bond donors (Lipinski definition) is 0. The van der Waals surface area contributed by atoms with Gasteiger partial charge in [0.25, 0.3) is 0 Å². The molecule has 0 heterocycles. The number of hydrogen-bond acceptors (Lipinski definition) is 0. The van der Waals surface area contributed by atoms with Crippen LogP contribution in [0.3, 0.4) is 0 Å². The van der Waals surface area contributed by atoms with Crippen LogP contribution < -0.4 is 0 Å². The Morgan fingerprint density at radius 3 is 1.79 bits per heavy atom. The van der Waals surface area contributed by atoms with Gasteiger partial charge < -0.3 is 0 Å². The van der Waals surface area contributed by atoms with Crippen LogP contribution in [0.4, 0.5) is 0 Å². The second kappa shape index (κ2) is 5.71. The molecule has 0 N–H and O–H groups in total. The van der Waals surface area contributed by atoms with Crippen molar-refractivity contribution in [1.82, 2.24) is 0 Å². The molecule has 0 radical (unpaired) electrons. The predicted octanol–water partition coefficient (Wildman–Crippen LogP) is 5.18. The molecule has 2 aromatic rings. The largest absolute Gasteiger partial charge is 0.0998 e. The summed E-state index contributed by atoms with van der Waals surface area (Å²) in [5, 5.41) is 0. The molecule has 2 rings (SSSR count). The van der Waals surface area contributed by atoms with Crippen molar-refractivity contribution < 1.29 is 0 Å². The van der Waals surface area contributed by atoms with E-state index < -0.39 is 0 Å². The molecule has 0 aliphatic heterocycles. The summed E-state index contributed by atoms with van der Waals surface area (Å²) in [5.74, 6) is 0. The second-order valence-electron chi connectivity index (χ2n) is 5.18. The van der Waals surface area contributed by atoms with E-state index in [-0.39, 0.29) is 0 Å². The first-order valence-electron chi connectivity index (χ1n) is 6.56. The maximum Gasteiger partial charge on any atom is -0.00726 e. The normalized spacial score (nSPS) is 10.2. The lowest BCUT2D eigenvalue weighted by molar-refractivity contribution is 1.15. The van der Waals surface area contributed by atoms with Crippen LogP contribution >= 0.6 is 0 Å². The van der Waals surface area contributed by atoms with Crippen LogP contribution in [0.2, 0.25) is 0 Å². The van der Waals surface area contributed by atoms with E-state index in [4.69, 9.17) is 0 Å². The summed E-state index contributed by atoms with van der Waals surface area (Å²) < 4.78 is 0. The second-order valence-corrected chi connectivity index (χ2v) is 5.18. The number of rotatable bonds is 4. The van der Waals surface area contributed by atoms with Gasteiger partial charge in [0.1, 0.15) is 0 Å². The third kappa shape index (κ3) is 3.45. The Hall–Kier alpha value is -2.08. The van der Waals surface area contributed by atoms with Crippen LogP contribution in [-0.4, -0.2) is 0 Å². The average molecular weight is 248 g/mol. The molecule has 0 aromatic heterocycles. The molecule has 0 nitrogen and oxygen atoms in total. The number of allylic oxidation sites excluding steroid dienone is 1. The third-order valence-electron chi connectivity index (χ3n) is 3.21. The molecule has 0 atom stereocenters. The highest BCUT2D eigenvalue weighted by atomic mass is 14.1. The van der Waals surface area contributed by atoms with Gasteiger partial charge >= 0.3 is 0 Å². The monoisotopic (exact) mass is 248 g/mol. The van der Waals surface area contributed by atoms with Crippen molar-refractivity contribution in [1.29, 1.82) is 0 Å². The maximum absolute atomic E-state index is 4.20. The molecule has 0 saturated carbocycles. The van der Waals surface area contributed by atoms with Gasteiger partial charge in [-0.25, -0.2) is 0 Å². The van der Waals surface area contributed by atoms with Crippen molar-refractivity contribution in [3.8, 4) is 0 Å². The lowest BCUT2D eigenvalue weighted by Crippen LogP contribution is -1.89. The SMILES string of the molecule is C=C(C)Cc1ccc(C(=C)c2ccc(C)cc2)cc1. The van der Waals surface area contributed by atoms with Gasteiger partial charge in [-0.1, -0.05) is 72.8 Å². The fourth-order valence-corrected chi connectivity index (χ4v) is 2.09. The minimum Gasteiger partial charge on any atom is -0.0998 e. The summed E-state index contributed by atoms with van der Waals surface area (Å²) in [6, 6.07) is 17.1. The van der Waals surface area contributed by atoms with E-state index in [0.29, 0.717) is 0 Å². The zero-order chi connectivity index (χ0) is 13.8. The van der Waals surface area contributed by atoms with E-state index in [1.165, 1.54) is 27.8 Å². The average Bonchev–Trinajstić information content (AvgIpc) is 2.39. The van der Waals surface area contributed by atoms with Crippen molar-refractivity contribution in [2.45, 2.75) is 20.3 Å². The first kappa shape index (κ1) is 13.4. The van der Waals surface area contributed by atoms with Gasteiger partial charge in [-0.05, 0) is 42.5 Å². The molecule has 96 valence electrons. The smallest absolute Gasteiger partial charge is 0.00726 e. The molecule has 0 aliphatic rings. The Morgan fingerprint density at radius 1 is 0.842 bits per heavy atom. The zero-order valence-electron chi connectivity index (χ0n) is 11.7. The maximum atomic E-state index is 4.20. The van der Waals surface area contributed by atoms with Gasteiger partial charge in [0, 0.05) is 0 Å². The highest BCUT2D eigenvalue weighted by Gasteiger charge is 2.02. The first-order chi connectivity index (χ1) is 9.06. The molecule has 0 saturated heterocycles. The summed E-state index contributed by atoms with van der Waals surface area (Å²) in [7, 11) is 0. The van der Waals surface area contributed by atoms with E-state index in [0.717, 1.165) is 12.0 Å². The minimum atomic E-state index is 0.942. The molecule has 19 heavy (non-hydrogen) atoms. The lowest BCUT2D eigenvalue weighted by Gasteiger charge is -2.08. The Balaban J connectivity index is 2.20. The lowest BCUT2D eigenvalue weighted by atomic mass is 9.97. The molecule has 0 unspecified atom stereocenters. The molecular weight excluding hydrogens is 228 g/mol. The molecule has 2 aromatic carbocycles. The summed E-state index contributed by atoms with van der Waals surface area (Å²) in [6.07, 6.45) is 0.942. The van der Waals surface area contributed by atoms with E-state index >= 15 is 0 Å². The van der Waals surface area contributed by atoms with E-state index in [9.17, 15) is 0 Å². The van der Waals surface area contributed by atoms with Gasteiger partial charge in [0.2, 0.25) is 0 Å². The fourth-order valence-electron chi connectivity index (χ4n) is 2.09. The van der Waals surface area contributed by atoms with Gasteiger partial charge in [0.15, 0.2) is 0 Å². The minimum absolute atomic E-state index is 0.942. The molecule has 0 spiro atoms. The summed E-state index contributed by atoms with van der Waals surface area (Å²) >= 11 is 0. The summed E-state index contributed by atoms with van der Waals surface area (Å²) in [5.41, 5.74) is 7.18. The zero-order valence-corrected chi connectivity index (χ0v) is 11.7. The van der Waals surface area contributed by atoms with Crippen LogP contribution in [0, 0.1) is 6.92 Å². The molecule has 0 amide bonds. The van der Waals surface area contributed by atoms with E-state index in [1.807, 2.05) is 0 Å². The van der Waals surface area contributed by atoms with Gasteiger partial charge in [-0.2, -0.15) is 0 Å². The van der Waals surface area contributed by atoms with E-state index in [1.54, 1.807) is 0 Å². The Bertz CT molecular complexity index is 583. The third-order valence-corrected chi connectivity index (χ3v) is 3.21. The Morgan fingerprint density at radius 2 is 1.32 bits per heavy atom. The Labute approximate surface area is 116 Å². The van der Waals surface area contributed by atoms with Crippen molar-refractivity contribution in [2.75, 3.05) is 0 Å². The van der Waals surface area contributed by atoms with Crippen molar-refractivity contribution >= 4 is 5.57 Å². The van der Waals surface area contributed by atoms with Crippen molar-refractivity contribution in [3.05, 3.63) is 89.5 Å². The number of benzene rings is 2. The Kier molecular flexibility index (Phi) is 4.01. The van der Waals surface area contributed by atoms with Crippen LogP contribution in [0.5, 0.6) is 0 Å². The summed E-state index contributed by atoms with van der Waals surface area (Å²) in [6.45, 7) is 12.3. The quantitative estimate of drug-likeness (QED) is 0.654. The van der Waals surface area contributed by atoms with Gasteiger partial charge in [0.05, 0.1) is 0 Å². The predicted molar refractivity (Wildman–Crippen MR) is 84.3 cm³/mol. The first-order valence-corrected chi connectivity index (χ1v) is 6.56.